The highest BCUT2D eigenvalue weighted by Crippen LogP contribution is 2.06. The molecule has 0 saturated carbocycles. The number of rotatable bonds is 4. The van der Waals surface area contributed by atoms with Crippen LogP contribution >= 0.6 is 17.0 Å². The van der Waals surface area contributed by atoms with Crippen LogP contribution in [0.3, 0.4) is 0 Å². The fraction of sp³-hybridized carbons (Fsp3) is 0.375. The van der Waals surface area contributed by atoms with Crippen LogP contribution in [0.4, 0.5) is 0 Å². The molecule has 4 nitrogen and oxygen atoms in total. The van der Waals surface area contributed by atoms with Crippen LogP contribution in [0.15, 0.2) is 25.2 Å². The van der Waals surface area contributed by atoms with Crippen molar-refractivity contribution in [1.82, 2.24) is 9.80 Å². The van der Waals surface area contributed by atoms with E-state index in [0.29, 0.717) is 13.2 Å². The van der Waals surface area contributed by atoms with Crippen LogP contribution in [0, 0.1) is 0 Å². The maximum atomic E-state index is 10.2. The first-order valence-electron chi connectivity index (χ1n) is 3.75. The predicted octanol–water partition coefficient (Wildman–Crippen LogP) is 1.23. The number of aliphatic carboxylic acids is 1. The molecule has 1 N–H and O–H groups in total. The van der Waals surface area contributed by atoms with Gasteiger partial charge in [0.2, 0.25) is 0 Å². The number of carboxylic acids is 1. The van der Waals surface area contributed by atoms with Crippen LogP contribution in [0.1, 0.15) is 6.42 Å². The molecule has 0 aliphatic carbocycles. The molecular weight excluding hydrogens is 236 g/mol. The Bertz CT molecular complexity index is 218. The summed E-state index contributed by atoms with van der Waals surface area (Å²) in [6.45, 7) is 4.86. The van der Waals surface area contributed by atoms with Crippen molar-refractivity contribution >= 4 is 23.0 Å². The monoisotopic (exact) mass is 248 g/mol. The Kier molecular flexibility index (Phi) is 5.22. The summed E-state index contributed by atoms with van der Waals surface area (Å²) in [6.07, 6.45) is 5.62. The standard InChI is InChI=1S/C8H12N2O2.BrH/c1-2-9-5-6-10(7-9)4-3-8(11)12;/h2,5-6H,1,3-4,7H2,(H,11,12);1H. The third-order valence-electron chi connectivity index (χ3n) is 1.66. The van der Waals surface area contributed by atoms with E-state index >= 15 is 0 Å². The fourth-order valence-corrected chi connectivity index (χ4v) is 0.987. The maximum Gasteiger partial charge on any atom is 0.305 e. The zero-order valence-corrected chi connectivity index (χ0v) is 8.93. The van der Waals surface area contributed by atoms with Gasteiger partial charge in [-0.3, -0.25) is 4.79 Å². The summed E-state index contributed by atoms with van der Waals surface area (Å²) in [5.74, 6) is -0.763. The highest BCUT2D eigenvalue weighted by Gasteiger charge is 2.09. The van der Waals surface area contributed by atoms with Crippen molar-refractivity contribution in [2.24, 2.45) is 0 Å². The molecule has 0 radical (unpaired) electrons. The average molecular weight is 249 g/mol. The Labute approximate surface area is 87.9 Å². The first kappa shape index (κ1) is 12.0. The average Bonchev–Trinajstić information content (AvgIpc) is 2.48. The minimum atomic E-state index is -0.763. The SMILES string of the molecule is Br.C=CN1C=CN(CCC(=O)O)C1. The molecule has 0 saturated heterocycles. The fourth-order valence-electron chi connectivity index (χ4n) is 0.987. The highest BCUT2D eigenvalue weighted by atomic mass is 79.9. The molecule has 1 heterocycles. The van der Waals surface area contributed by atoms with Crippen molar-refractivity contribution in [2.75, 3.05) is 13.2 Å². The van der Waals surface area contributed by atoms with Crippen LogP contribution < -0.4 is 0 Å². The van der Waals surface area contributed by atoms with E-state index in [0.717, 1.165) is 0 Å². The molecule has 1 aliphatic heterocycles. The Hall–Kier alpha value is -0.970. The lowest BCUT2D eigenvalue weighted by Gasteiger charge is -2.16. The minimum absolute atomic E-state index is 0. The summed E-state index contributed by atoms with van der Waals surface area (Å²) in [6, 6.07) is 0. The first-order chi connectivity index (χ1) is 5.72. The zero-order chi connectivity index (χ0) is 8.97. The molecule has 74 valence electrons. The van der Waals surface area contributed by atoms with E-state index in [1.807, 2.05) is 22.2 Å². The van der Waals surface area contributed by atoms with Gasteiger partial charge in [0.25, 0.3) is 0 Å². The van der Waals surface area contributed by atoms with Crippen LogP contribution in [0.2, 0.25) is 0 Å². The molecule has 0 aromatic heterocycles. The van der Waals surface area contributed by atoms with Gasteiger partial charge in [-0.15, -0.1) is 17.0 Å². The molecular formula is C8H13BrN2O2. The van der Waals surface area contributed by atoms with Gasteiger partial charge in [0, 0.05) is 18.9 Å². The van der Waals surface area contributed by atoms with Crippen LogP contribution in [-0.2, 0) is 4.79 Å². The predicted molar refractivity (Wildman–Crippen MR) is 55.3 cm³/mol. The van der Waals surface area contributed by atoms with E-state index < -0.39 is 5.97 Å². The largest absolute Gasteiger partial charge is 0.481 e. The summed E-state index contributed by atoms with van der Waals surface area (Å²) in [7, 11) is 0. The van der Waals surface area contributed by atoms with E-state index in [-0.39, 0.29) is 23.4 Å². The lowest BCUT2D eigenvalue weighted by Crippen LogP contribution is -2.24. The topological polar surface area (TPSA) is 43.8 Å². The second-order valence-electron chi connectivity index (χ2n) is 2.59. The second kappa shape index (κ2) is 5.64. The molecule has 13 heavy (non-hydrogen) atoms. The molecule has 0 unspecified atom stereocenters. The summed E-state index contributed by atoms with van der Waals surface area (Å²) >= 11 is 0. The van der Waals surface area contributed by atoms with Gasteiger partial charge < -0.3 is 14.9 Å². The van der Waals surface area contributed by atoms with Gasteiger partial charge in [-0.25, -0.2) is 0 Å². The van der Waals surface area contributed by atoms with Gasteiger partial charge in [0.05, 0.1) is 13.1 Å². The van der Waals surface area contributed by atoms with E-state index in [1.54, 1.807) is 6.20 Å². The molecule has 0 aromatic carbocycles. The van der Waals surface area contributed by atoms with Crippen LogP contribution in [0.5, 0.6) is 0 Å². The molecule has 1 aliphatic rings. The Morgan fingerprint density at radius 2 is 2.31 bits per heavy atom. The zero-order valence-electron chi connectivity index (χ0n) is 7.22. The van der Waals surface area contributed by atoms with Crippen molar-refractivity contribution in [2.45, 2.75) is 6.42 Å². The van der Waals surface area contributed by atoms with E-state index in [9.17, 15) is 4.79 Å². The van der Waals surface area contributed by atoms with Crippen molar-refractivity contribution in [3.05, 3.63) is 25.2 Å². The Morgan fingerprint density at radius 3 is 2.77 bits per heavy atom. The van der Waals surface area contributed by atoms with E-state index in [2.05, 4.69) is 6.58 Å². The molecule has 0 spiro atoms. The van der Waals surface area contributed by atoms with E-state index in [4.69, 9.17) is 5.11 Å². The van der Waals surface area contributed by atoms with Gasteiger partial charge >= 0.3 is 5.97 Å². The number of hydrogen-bond donors (Lipinski definition) is 1. The number of carbonyl (C=O) groups is 1. The van der Waals surface area contributed by atoms with Gasteiger partial charge in [-0.05, 0) is 6.20 Å². The molecule has 0 aromatic rings. The van der Waals surface area contributed by atoms with Crippen LogP contribution in [0.25, 0.3) is 0 Å². The molecule has 5 heteroatoms. The van der Waals surface area contributed by atoms with Gasteiger partial charge in [-0.1, -0.05) is 6.58 Å². The number of halogens is 1. The molecule has 0 atom stereocenters. The van der Waals surface area contributed by atoms with Gasteiger partial charge in [-0.2, -0.15) is 0 Å². The van der Waals surface area contributed by atoms with Gasteiger partial charge in [0.15, 0.2) is 0 Å². The maximum absolute atomic E-state index is 10.2. The molecule has 1 rings (SSSR count). The quantitative estimate of drug-likeness (QED) is 0.813. The first-order valence-corrected chi connectivity index (χ1v) is 3.75. The molecule has 0 fully saturated rings. The van der Waals surface area contributed by atoms with Crippen LogP contribution in [-0.4, -0.2) is 34.1 Å². The van der Waals surface area contributed by atoms with Crippen molar-refractivity contribution in [3.63, 3.8) is 0 Å². The van der Waals surface area contributed by atoms with Crippen molar-refractivity contribution in [3.8, 4) is 0 Å². The Balaban J connectivity index is 0.00000144. The van der Waals surface area contributed by atoms with Crippen molar-refractivity contribution < 1.29 is 9.90 Å². The summed E-state index contributed by atoms with van der Waals surface area (Å²) in [5.41, 5.74) is 0. The summed E-state index contributed by atoms with van der Waals surface area (Å²) < 4.78 is 0. The van der Waals surface area contributed by atoms with Gasteiger partial charge in [0.1, 0.15) is 0 Å². The second-order valence-corrected chi connectivity index (χ2v) is 2.59. The lowest BCUT2D eigenvalue weighted by atomic mass is 10.4. The Morgan fingerprint density at radius 1 is 1.62 bits per heavy atom. The smallest absolute Gasteiger partial charge is 0.305 e. The lowest BCUT2D eigenvalue weighted by molar-refractivity contribution is -0.137. The van der Waals surface area contributed by atoms with E-state index in [1.165, 1.54) is 0 Å². The highest BCUT2D eigenvalue weighted by molar-refractivity contribution is 8.93. The summed E-state index contributed by atoms with van der Waals surface area (Å²) in [5, 5.41) is 8.41. The number of nitrogens with zero attached hydrogens (tertiary/aromatic N) is 2. The third kappa shape index (κ3) is 3.98. The normalized spacial score (nSPS) is 14.2. The minimum Gasteiger partial charge on any atom is -0.481 e. The van der Waals surface area contributed by atoms with Crippen molar-refractivity contribution in [1.29, 1.82) is 0 Å². The molecule has 0 amide bonds. The number of hydrogen-bond acceptors (Lipinski definition) is 3. The number of carboxylic acid groups (broad SMARTS) is 1. The summed E-state index contributed by atoms with van der Waals surface area (Å²) in [4.78, 5) is 14.0. The third-order valence-corrected chi connectivity index (χ3v) is 1.66. The molecule has 0 bridgehead atoms.